The molecule has 2 amide bonds. The Balaban J connectivity index is 1.91. The molecule has 3 rings (SSSR count). The lowest BCUT2D eigenvalue weighted by Crippen LogP contribution is -2.27. The summed E-state index contributed by atoms with van der Waals surface area (Å²) >= 11 is 0.849. The van der Waals surface area contributed by atoms with Crippen molar-refractivity contribution >= 4 is 29.0 Å². The molecular formula is C21H18N2O5S. The largest absolute Gasteiger partial charge is 0.493 e. The molecule has 1 heterocycles. The monoisotopic (exact) mass is 410 g/mol. The summed E-state index contributed by atoms with van der Waals surface area (Å²) in [6.45, 7) is 0.0427. The van der Waals surface area contributed by atoms with Crippen molar-refractivity contribution in [2.75, 3.05) is 21.3 Å². The van der Waals surface area contributed by atoms with Gasteiger partial charge in [0.05, 0.1) is 44.4 Å². The minimum atomic E-state index is -0.415. The van der Waals surface area contributed by atoms with Crippen molar-refractivity contribution in [2.45, 2.75) is 6.54 Å². The highest BCUT2D eigenvalue weighted by molar-refractivity contribution is 8.18. The van der Waals surface area contributed by atoms with Crippen LogP contribution in [-0.2, 0) is 11.3 Å². The maximum atomic E-state index is 12.8. The second-order valence-electron chi connectivity index (χ2n) is 6.00. The van der Waals surface area contributed by atoms with Crippen LogP contribution in [0.1, 0.15) is 16.7 Å². The van der Waals surface area contributed by atoms with Gasteiger partial charge in [-0.2, -0.15) is 5.26 Å². The molecule has 0 bridgehead atoms. The van der Waals surface area contributed by atoms with E-state index in [0.717, 1.165) is 16.7 Å². The summed E-state index contributed by atoms with van der Waals surface area (Å²) in [7, 11) is 4.51. The first-order valence-electron chi connectivity index (χ1n) is 8.55. The van der Waals surface area contributed by atoms with Gasteiger partial charge in [-0.1, -0.05) is 18.2 Å². The molecule has 148 valence electrons. The number of rotatable bonds is 6. The summed E-state index contributed by atoms with van der Waals surface area (Å²) in [5.74, 6) is 0.912. The van der Waals surface area contributed by atoms with Gasteiger partial charge in [0.2, 0.25) is 5.75 Å². The van der Waals surface area contributed by atoms with Gasteiger partial charge in [-0.05, 0) is 47.2 Å². The minimum absolute atomic E-state index is 0.0427. The van der Waals surface area contributed by atoms with Crippen molar-refractivity contribution in [1.82, 2.24) is 4.90 Å². The van der Waals surface area contributed by atoms with Crippen LogP contribution in [-0.4, -0.2) is 37.4 Å². The van der Waals surface area contributed by atoms with Gasteiger partial charge in [0, 0.05) is 0 Å². The van der Waals surface area contributed by atoms with Crippen molar-refractivity contribution in [2.24, 2.45) is 0 Å². The molecule has 1 fully saturated rings. The molecule has 0 aromatic heterocycles. The Hall–Kier alpha value is -3.44. The first-order chi connectivity index (χ1) is 14.0. The molecule has 1 saturated heterocycles. The number of carbonyl (C=O) groups is 2. The van der Waals surface area contributed by atoms with Gasteiger partial charge in [-0.25, -0.2) is 0 Å². The van der Waals surface area contributed by atoms with Gasteiger partial charge < -0.3 is 14.2 Å². The zero-order valence-electron chi connectivity index (χ0n) is 16.1. The summed E-state index contributed by atoms with van der Waals surface area (Å²) < 4.78 is 15.9. The fourth-order valence-corrected chi connectivity index (χ4v) is 3.75. The van der Waals surface area contributed by atoms with Crippen LogP contribution in [0.5, 0.6) is 17.2 Å². The van der Waals surface area contributed by atoms with E-state index in [-0.39, 0.29) is 16.7 Å². The highest BCUT2D eigenvalue weighted by Gasteiger charge is 2.35. The summed E-state index contributed by atoms with van der Waals surface area (Å²) in [6.07, 6.45) is 1.60. The van der Waals surface area contributed by atoms with Gasteiger partial charge in [-0.3, -0.25) is 14.5 Å². The highest BCUT2D eigenvalue weighted by atomic mass is 32.2. The third kappa shape index (κ3) is 4.05. The van der Waals surface area contributed by atoms with Crippen LogP contribution in [0.25, 0.3) is 6.08 Å². The Morgan fingerprint density at radius 2 is 1.72 bits per heavy atom. The Morgan fingerprint density at radius 1 is 1.07 bits per heavy atom. The quantitative estimate of drug-likeness (QED) is 0.669. The number of amides is 2. The smallest absolute Gasteiger partial charge is 0.293 e. The van der Waals surface area contributed by atoms with Crippen molar-refractivity contribution in [3.8, 4) is 23.3 Å². The van der Waals surface area contributed by atoms with Crippen LogP contribution in [0.4, 0.5) is 4.79 Å². The molecule has 7 nitrogen and oxygen atoms in total. The van der Waals surface area contributed by atoms with E-state index in [1.807, 2.05) is 0 Å². The molecule has 0 atom stereocenters. The molecule has 0 N–H and O–H groups in total. The number of ether oxygens (including phenoxy) is 3. The third-order valence-electron chi connectivity index (χ3n) is 4.32. The number of nitriles is 1. The van der Waals surface area contributed by atoms with E-state index < -0.39 is 5.91 Å². The molecule has 0 saturated carbocycles. The molecule has 0 aliphatic carbocycles. The van der Waals surface area contributed by atoms with E-state index in [1.54, 1.807) is 42.5 Å². The molecular weight excluding hydrogens is 392 g/mol. The number of methoxy groups -OCH3 is 3. The molecule has 2 aromatic carbocycles. The van der Waals surface area contributed by atoms with Crippen LogP contribution in [0.3, 0.4) is 0 Å². The predicted octanol–water partition coefficient (Wildman–Crippen LogP) is 3.82. The van der Waals surface area contributed by atoms with Crippen LogP contribution in [0.15, 0.2) is 41.3 Å². The second kappa shape index (κ2) is 8.71. The first-order valence-corrected chi connectivity index (χ1v) is 9.37. The summed E-state index contributed by atoms with van der Waals surface area (Å²) in [6, 6.07) is 12.3. The lowest BCUT2D eigenvalue weighted by atomic mass is 10.1. The van der Waals surface area contributed by atoms with Gasteiger partial charge in [-0.15, -0.1) is 0 Å². The number of nitrogens with zero attached hydrogens (tertiary/aromatic N) is 2. The Bertz CT molecular complexity index is 1020. The number of hydrogen-bond donors (Lipinski definition) is 0. The van der Waals surface area contributed by atoms with E-state index in [0.29, 0.717) is 33.9 Å². The van der Waals surface area contributed by atoms with Crippen LogP contribution >= 0.6 is 11.8 Å². The van der Waals surface area contributed by atoms with E-state index in [4.69, 9.17) is 14.2 Å². The molecule has 0 unspecified atom stereocenters. The Kier molecular flexibility index (Phi) is 6.10. The standard InChI is InChI=1S/C21H18N2O5S/c1-26-16-8-13(9-17(27-2)19(16)28-3)10-18-20(24)23(21(25)29-18)12-15-7-5-4-6-14(15)11-22/h4-10H,12H2,1-3H3/b18-10+. The van der Waals surface area contributed by atoms with Crippen molar-refractivity contribution in [3.05, 3.63) is 58.0 Å². The summed E-state index contributed by atoms with van der Waals surface area (Å²) in [5, 5.41) is 8.84. The second-order valence-corrected chi connectivity index (χ2v) is 6.99. The topological polar surface area (TPSA) is 88.9 Å². The van der Waals surface area contributed by atoms with E-state index >= 15 is 0 Å². The maximum Gasteiger partial charge on any atom is 0.293 e. The number of thioether (sulfide) groups is 1. The average Bonchev–Trinajstić information content (AvgIpc) is 3.00. The number of benzene rings is 2. The number of hydrogen-bond acceptors (Lipinski definition) is 7. The molecule has 1 aliphatic rings. The zero-order chi connectivity index (χ0) is 21.0. The first kappa shape index (κ1) is 20.3. The number of carbonyl (C=O) groups excluding carboxylic acids is 2. The normalized spacial score (nSPS) is 14.8. The number of imide groups is 1. The highest BCUT2D eigenvalue weighted by Crippen LogP contribution is 2.40. The maximum absolute atomic E-state index is 12.8. The summed E-state index contributed by atoms with van der Waals surface area (Å²) in [5.41, 5.74) is 1.67. The lowest BCUT2D eigenvalue weighted by Gasteiger charge is -2.14. The van der Waals surface area contributed by atoms with Crippen LogP contribution in [0.2, 0.25) is 0 Å². The van der Waals surface area contributed by atoms with Gasteiger partial charge in [0.1, 0.15) is 0 Å². The average molecular weight is 410 g/mol. The van der Waals surface area contributed by atoms with Crippen LogP contribution in [0, 0.1) is 11.3 Å². The third-order valence-corrected chi connectivity index (χ3v) is 5.23. The van der Waals surface area contributed by atoms with Gasteiger partial charge >= 0.3 is 0 Å². The van der Waals surface area contributed by atoms with Crippen molar-refractivity contribution < 1.29 is 23.8 Å². The Morgan fingerprint density at radius 3 is 2.31 bits per heavy atom. The molecule has 29 heavy (non-hydrogen) atoms. The van der Waals surface area contributed by atoms with E-state index in [1.165, 1.54) is 21.3 Å². The van der Waals surface area contributed by atoms with E-state index in [9.17, 15) is 14.9 Å². The molecule has 8 heteroatoms. The minimum Gasteiger partial charge on any atom is -0.493 e. The molecule has 2 aromatic rings. The SMILES string of the molecule is COc1cc(/C=C2/SC(=O)N(Cc3ccccc3C#N)C2=O)cc(OC)c1OC. The van der Waals surface area contributed by atoms with Crippen molar-refractivity contribution in [3.63, 3.8) is 0 Å². The van der Waals surface area contributed by atoms with Crippen LogP contribution < -0.4 is 14.2 Å². The predicted molar refractivity (Wildman–Crippen MR) is 109 cm³/mol. The van der Waals surface area contributed by atoms with Crippen molar-refractivity contribution in [1.29, 1.82) is 5.26 Å². The fraction of sp³-hybridized carbons (Fsp3) is 0.190. The molecule has 0 radical (unpaired) electrons. The molecule has 0 spiro atoms. The zero-order valence-corrected chi connectivity index (χ0v) is 16.9. The fourth-order valence-electron chi connectivity index (χ4n) is 2.91. The van der Waals surface area contributed by atoms with Gasteiger partial charge in [0.25, 0.3) is 11.1 Å². The Labute approximate surface area is 172 Å². The van der Waals surface area contributed by atoms with E-state index in [2.05, 4.69) is 6.07 Å². The lowest BCUT2D eigenvalue weighted by molar-refractivity contribution is -0.123. The molecule has 1 aliphatic heterocycles. The summed E-state index contributed by atoms with van der Waals surface area (Å²) in [4.78, 5) is 26.6. The van der Waals surface area contributed by atoms with Gasteiger partial charge in [0.15, 0.2) is 11.5 Å².